The first-order valence-electron chi connectivity index (χ1n) is 4.23. The summed E-state index contributed by atoms with van der Waals surface area (Å²) in [6.07, 6.45) is 5.01. The fraction of sp³-hybridized carbons (Fsp3) is 0.200. The third-order valence-corrected chi connectivity index (χ3v) is 2.45. The number of anilines is 1. The number of benzene rings is 1. The SMILES string of the molecule is Nc1ccc(Cl)cc1C1CC=CN1. The van der Waals surface area contributed by atoms with Gasteiger partial charge in [-0.1, -0.05) is 17.7 Å². The average Bonchev–Trinajstić information content (AvgIpc) is 2.61. The third-order valence-electron chi connectivity index (χ3n) is 2.21. The maximum Gasteiger partial charge on any atom is 0.0564 e. The molecule has 1 aliphatic rings. The molecule has 2 rings (SSSR count). The Morgan fingerprint density at radius 2 is 2.31 bits per heavy atom. The van der Waals surface area contributed by atoms with Crippen LogP contribution in [0.25, 0.3) is 0 Å². The Morgan fingerprint density at radius 1 is 1.46 bits per heavy atom. The van der Waals surface area contributed by atoms with Gasteiger partial charge in [-0.15, -0.1) is 0 Å². The van der Waals surface area contributed by atoms with Crippen molar-refractivity contribution in [3.63, 3.8) is 0 Å². The number of hydrogen-bond donors (Lipinski definition) is 2. The lowest BCUT2D eigenvalue weighted by molar-refractivity contribution is 0.676. The summed E-state index contributed by atoms with van der Waals surface area (Å²) in [5.74, 6) is 0. The second kappa shape index (κ2) is 3.30. The summed E-state index contributed by atoms with van der Waals surface area (Å²) >= 11 is 5.89. The van der Waals surface area contributed by atoms with Crippen LogP contribution in [0, 0.1) is 0 Å². The Balaban J connectivity index is 2.33. The molecule has 0 saturated carbocycles. The van der Waals surface area contributed by atoms with Crippen LogP contribution in [0.5, 0.6) is 0 Å². The van der Waals surface area contributed by atoms with Crippen molar-refractivity contribution >= 4 is 17.3 Å². The minimum absolute atomic E-state index is 0.290. The summed E-state index contributed by atoms with van der Waals surface area (Å²) in [7, 11) is 0. The van der Waals surface area contributed by atoms with Crippen molar-refractivity contribution in [1.82, 2.24) is 5.32 Å². The highest BCUT2D eigenvalue weighted by molar-refractivity contribution is 6.30. The summed E-state index contributed by atoms with van der Waals surface area (Å²) in [4.78, 5) is 0. The molecule has 2 nitrogen and oxygen atoms in total. The van der Waals surface area contributed by atoms with Crippen molar-refractivity contribution in [1.29, 1.82) is 0 Å². The lowest BCUT2D eigenvalue weighted by Gasteiger charge is -2.14. The van der Waals surface area contributed by atoms with Gasteiger partial charge in [-0.2, -0.15) is 0 Å². The molecule has 0 saturated heterocycles. The van der Waals surface area contributed by atoms with E-state index in [0.717, 1.165) is 22.7 Å². The molecule has 0 amide bonds. The molecule has 0 spiro atoms. The van der Waals surface area contributed by atoms with E-state index in [1.54, 1.807) is 0 Å². The van der Waals surface area contributed by atoms with Gasteiger partial charge < -0.3 is 11.1 Å². The summed E-state index contributed by atoms with van der Waals surface area (Å²) < 4.78 is 0. The van der Waals surface area contributed by atoms with Gasteiger partial charge in [-0.25, -0.2) is 0 Å². The molecule has 68 valence electrons. The summed E-state index contributed by atoms with van der Waals surface area (Å²) in [5, 5.41) is 3.96. The predicted octanol–water partition coefficient (Wildman–Crippen LogP) is 2.47. The van der Waals surface area contributed by atoms with Crippen LogP contribution in [0.15, 0.2) is 30.5 Å². The van der Waals surface area contributed by atoms with Gasteiger partial charge in [0.05, 0.1) is 6.04 Å². The lowest BCUT2D eigenvalue weighted by Crippen LogP contribution is -2.11. The number of halogens is 1. The molecule has 1 heterocycles. The van der Waals surface area contributed by atoms with Gasteiger partial charge in [-0.05, 0) is 36.4 Å². The standard InChI is InChI=1S/C10H11ClN2/c11-7-3-4-9(12)8(6-7)10-2-1-5-13-10/h1,3-6,10,13H,2,12H2. The Hall–Kier alpha value is -1.15. The minimum Gasteiger partial charge on any atom is -0.398 e. The summed E-state index contributed by atoms with van der Waals surface area (Å²) in [6, 6.07) is 5.86. The monoisotopic (exact) mass is 194 g/mol. The first kappa shape index (κ1) is 8.45. The molecule has 0 fully saturated rings. The molecule has 1 unspecified atom stereocenters. The molecule has 1 aromatic carbocycles. The molecule has 1 atom stereocenters. The van der Waals surface area contributed by atoms with E-state index in [2.05, 4.69) is 11.4 Å². The third kappa shape index (κ3) is 1.63. The van der Waals surface area contributed by atoms with Crippen molar-refractivity contribution in [2.45, 2.75) is 12.5 Å². The molecule has 3 heteroatoms. The van der Waals surface area contributed by atoms with E-state index < -0.39 is 0 Å². The first-order valence-corrected chi connectivity index (χ1v) is 4.61. The molecular formula is C10H11ClN2. The van der Waals surface area contributed by atoms with E-state index in [1.807, 2.05) is 24.4 Å². The molecule has 1 aliphatic heterocycles. The number of hydrogen-bond acceptors (Lipinski definition) is 2. The normalized spacial score (nSPS) is 20.2. The minimum atomic E-state index is 0.290. The molecule has 13 heavy (non-hydrogen) atoms. The van der Waals surface area contributed by atoms with Crippen LogP contribution in [0.1, 0.15) is 18.0 Å². The molecule has 0 aliphatic carbocycles. The first-order chi connectivity index (χ1) is 6.27. The predicted molar refractivity (Wildman–Crippen MR) is 55.5 cm³/mol. The smallest absolute Gasteiger partial charge is 0.0564 e. The van der Waals surface area contributed by atoms with Crippen molar-refractivity contribution in [3.8, 4) is 0 Å². The van der Waals surface area contributed by atoms with Crippen molar-refractivity contribution in [2.75, 3.05) is 5.73 Å². The zero-order chi connectivity index (χ0) is 9.26. The molecule has 1 aromatic rings. The number of rotatable bonds is 1. The van der Waals surface area contributed by atoms with Gasteiger partial charge in [-0.3, -0.25) is 0 Å². The maximum absolute atomic E-state index is 5.89. The Labute approximate surface area is 82.4 Å². The number of nitrogens with two attached hydrogens (primary N) is 1. The second-order valence-electron chi connectivity index (χ2n) is 3.13. The quantitative estimate of drug-likeness (QED) is 0.675. The zero-order valence-electron chi connectivity index (χ0n) is 7.13. The highest BCUT2D eigenvalue weighted by atomic mass is 35.5. The summed E-state index contributed by atoms with van der Waals surface area (Å²) in [5.41, 5.74) is 7.72. The average molecular weight is 195 g/mol. The van der Waals surface area contributed by atoms with Crippen LogP contribution < -0.4 is 11.1 Å². The van der Waals surface area contributed by atoms with Gasteiger partial charge in [0, 0.05) is 10.7 Å². The Morgan fingerprint density at radius 3 is 3.00 bits per heavy atom. The molecule has 3 N–H and O–H groups in total. The van der Waals surface area contributed by atoms with Crippen LogP contribution in [-0.4, -0.2) is 0 Å². The van der Waals surface area contributed by atoms with E-state index in [4.69, 9.17) is 17.3 Å². The van der Waals surface area contributed by atoms with Crippen LogP contribution >= 0.6 is 11.6 Å². The van der Waals surface area contributed by atoms with E-state index in [-0.39, 0.29) is 0 Å². The Bertz CT molecular complexity index is 339. The number of nitrogen functional groups attached to an aromatic ring is 1. The molecule has 0 radical (unpaired) electrons. The van der Waals surface area contributed by atoms with Crippen LogP contribution in [-0.2, 0) is 0 Å². The topological polar surface area (TPSA) is 38.0 Å². The second-order valence-corrected chi connectivity index (χ2v) is 3.57. The van der Waals surface area contributed by atoms with Gasteiger partial charge in [0.15, 0.2) is 0 Å². The van der Waals surface area contributed by atoms with E-state index in [1.165, 1.54) is 0 Å². The van der Waals surface area contributed by atoms with Gasteiger partial charge in [0.1, 0.15) is 0 Å². The van der Waals surface area contributed by atoms with E-state index >= 15 is 0 Å². The fourth-order valence-corrected chi connectivity index (χ4v) is 1.70. The van der Waals surface area contributed by atoms with E-state index in [9.17, 15) is 0 Å². The van der Waals surface area contributed by atoms with Crippen molar-refractivity contribution in [3.05, 3.63) is 41.1 Å². The largest absolute Gasteiger partial charge is 0.398 e. The van der Waals surface area contributed by atoms with Crippen LogP contribution in [0.3, 0.4) is 0 Å². The summed E-state index contributed by atoms with van der Waals surface area (Å²) in [6.45, 7) is 0. The lowest BCUT2D eigenvalue weighted by atomic mass is 10.0. The van der Waals surface area contributed by atoms with E-state index in [0.29, 0.717) is 6.04 Å². The van der Waals surface area contributed by atoms with Crippen molar-refractivity contribution < 1.29 is 0 Å². The van der Waals surface area contributed by atoms with Gasteiger partial charge in [0.2, 0.25) is 0 Å². The van der Waals surface area contributed by atoms with Gasteiger partial charge in [0.25, 0.3) is 0 Å². The highest BCUT2D eigenvalue weighted by Gasteiger charge is 2.14. The molecular weight excluding hydrogens is 184 g/mol. The zero-order valence-corrected chi connectivity index (χ0v) is 7.88. The molecule has 0 bridgehead atoms. The van der Waals surface area contributed by atoms with Crippen LogP contribution in [0.2, 0.25) is 5.02 Å². The van der Waals surface area contributed by atoms with Crippen molar-refractivity contribution in [2.24, 2.45) is 0 Å². The van der Waals surface area contributed by atoms with Gasteiger partial charge >= 0.3 is 0 Å². The number of nitrogens with one attached hydrogen (secondary N) is 1. The highest BCUT2D eigenvalue weighted by Crippen LogP contribution is 2.28. The maximum atomic E-state index is 5.89. The molecule has 0 aromatic heterocycles. The van der Waals surface area contributed by atoms with Crippen LogP contribution in [0.4, 0.5) is 5.69 Å². The Kier molecular flexibility index (Phi) is 2.15. The fourth-order valence-electron chi connectivity index (χ4n) is 1.52.